The van der Waals surface area contributed by atoms with Crippen LogP contribution in [0.3, 0.4) is 0 Å². The Morgan fingerprint density at radius 1 is 1.24 bits per heavy atom. The molecular weight excluding hydrogens is 298 g/mol. The summed E-state index contributed by atoms with van der Waals surface area (Å²) in [5.74, 6) is -1.14. The molecule has 3 N–H and O–H groups in total. The summed E-state index contributed by atoms with van der Waals surface area (Å²) in [6.07, 6.45) is 1.02. The van der Waals surface area contributed by atoms with Crippen molar-refractivity contribution in [3.05, 3.63) is 29.8 Å². The van der Waals surface area contributed by atoms with Gasteiger partial charge in [0.25, 0.3) is 0 Å². The van der Waals surface area contributed by atoms with Crippen molar-refractivity contribution >= 4 is 27.7 Å². The zero-order chi connectivity index (χ0) is 16.0. The number of rotatable bonds is 6. The van der Waals surface area contributed by atoms with Crippen LogP contribution in [0.5, 0.6) is 0 Å². The lowest BCUT2D eigenvalue weighted by Crippen LogP contribution is -2.41. The molecule has 9 heteroatoms. The first-order chi connectivity index (χ1) is 9.72. The van der Waals surface area contributed by atoms with Crippen LogP contribution in [0, 0.1) is 0 Å². The quantitative estimate of drug-likeness (QED) is 0.643. The lowest BCUT2D eigenvalue weighted by atomic mass is 10.1. The van der Waals surface area contributed by atoms with Crippen LogP contribution in [-0.2, 0) is 10.0 Å². The maximum absolute atomic E-state index is 11.9. The number of carboxylic acid groups (broad SMARTS) is 1. The van der Waals surface area contributed by atoms with Crippen LogP contribution < -0.4 is 14.9 Å². The Morgan fingerprint density at radius 3 is 2.43 bits per heavy atom. The second-order valence-corrected chi connectivity index (χ2v) is 6.11. The van der Waals surface area contributed by atoms with Crippen molar-refractivity contribution in [1.82, 2.24) is 10.0 Å². The summed E-state index contributed by atoms with van der Waals surface area (Å²) in [6.45, 7) is 0.143. The average Bonchev–Trinajstić information content (AvgIpc) is 2.41. The molecule has 8 nitrogen and oxygen atoms in total. The third-order valence-corrected chi connectivity index (χ3v) is 3.29. The van der Waals surface area contributed by atoms with Crippen molar-refractivity contribution in [1.29, 1.82) is 0 Å². The Labute approximate surface area is 122 Å². The topological polar surface area (TPSA) is 116 Å². The number of nitrogens with zero attached hydrogens (tertiary/aromatic N) is 1. The number of para-hydroxylation sites is 1. The number of sulfonamides is 1. The molecule has 21 heavy (non-hydrogen) atoms. The second-order valence-electron chi connectivity index (χ2n) is 4.28. The molecule has 0 saturated carbocycles. The van der Waals surface area contributed by atoms with Gasteiger partial charge in [0.1, 0.15) is 0 Å². The Hall–Kier alpha value is -2.13. The summed E-state index contributed by atoms with van der Waals surface area (Å²) >= 11 is 0. The van der Waals surface area contributed by atoms with Crippen LogP contribution in [0.25, 0.3) is 0 Å². The molecule has 0 fully saturated rings. The van der Waals surface area contributed by atoms with Crippen molar-refractivity contribution < 1.29 is 23.1 Å². The van der Waals surface area contributed by atoms with Gasteiger partial charge in [0, 0.05) is 20.1 Å². The van der Waals surface area contributed by atoms with E-state index in [1.54, 1.807) is 12.1 Å². The fourth-order valence-electron chi connectivity index (χ4n) is 1.58. The van der Waals surface area contributed by atoms with Crippen LogP contribution in [0.1, 0.15) is 10.4 Å². The van der Waals surface area contributed by atoms with Crippen molar-refractivity contribution in [2.24, 2.45) is 0 Å². The molecular formula is C12H17N3O5S. The van der Waals surface area contributed by atoms with Gasteiger partial charge in [0.15, 0.2) is 0 Å². The predicted octanol–water partition coefficient (Wildman–Crippen LogP) is 0.0798. The number of carbonyl (C=O) groups excluding carboxylic acids is 1. The molecule has 0 saturated heterocycles. The van der Waals surface area contributed by atoms with Crippen molar-refractivity contribution in [2.75, 3.05) is 31.3 Å². The molecule has 116 valence electrons. The molecule has 0 bridgehead atoms. The average molecular weight is 315 g/mol. The summed E-state index contributed by atoms with van der Waals surface area (Å²) in [5.41, 5.74) is 0.253. The maximum Gasteiger partial charge on any atom is 0.337 e. The Bertz CT molecular complexity index is 630. The summed E-state index contributed by atoms with van der Waals surface area (Å²) in [4.78, 5) is 24.1. The standard InChI is InChI=1S/C12H17N3O5S/c1-15(10-6-4-3-5-9(10)11(16)17)12(18)13-7-8-14-21(2,19)20/h3-6,14H,7-8H2,1-2H3,(H,13,18)(H,16,17). The molecule has 0 aromatic heterocycles. The number of aromatic carboxylic acids is 1. The number of amides is 2. The van der Waals surface area contributed by atoms with Gasteiger partial charge in [-0.05, 0) is 12.1 Å². The Balaban J connectivity index is 2.65. The van der Waals surface area contributed by atoms with Gasteiger partial charge in [0.2, 0.25) is 10.0 Å². The summed E-state index contributed by atoms with van der Waals surface area (Å²) in [6, 6.07) is 5.56. The van der Waals surface area contributed by atoms with E-state index in [1.165, 1.54) is 19.2 Å². The smallest absolute Gasteiger partial charge is 0.337 e. The van der Waals surface area contributed by atoms with Gasteiger partial charge in [-0.3, -0.25) is 4.90 Å². The number of benzene rings is 1. The monoisotopic (exact) mass is 315 g/mol. The second kappa shape index (κ2) is 7.04. The number of carbonyl (C=O) groups is 2. The minimum atomic E-state index is -3.31. The zero-order valence-electron chi connectivity index (χ0n) is 11.7. The van der Waals surface area contributed by atoms with E-state index in [1.807, 2.05) is 0 Å². The highest BCUT2D eigenvalue weighted by Gasteiger charge is 2.17. The summed E-state index contributed by atoms with van der Waals surface area (Å²) < 4.78 is 23.9. The van der Waals surface area contributed by atoms with E-state index in [4.69, 9.17) is 5.11 Å². The normalized spacial score (nSPS) is 11.0. The van der Waals surface area contributed by atoms with E-state index in [-0.39, 0.29) is 24.3 Å². The first kappa shape index (κ1) is 16.9. The summed E-state index contributed by atoms with van der Waals surface area (Å²) in [7, 11) is -1.87. The number of urea groups is 1. The number of anilines is 1. The highest BCUT2D eigenvalue weighted by atomic mass is 32.2. The van der Waals surface area contributed by atoms with E-state index >= 15 is 0 Å². The maximum atomic E-state index is 11.9. The molecule has 0 heterocycles. The lowest BCUT2D eigenvalue weighted by molar-refractivity contribution is 0.0697. The van der Waals surface area contributed by atoms with Crippen LogP contribution in [0.15, 0.2) is 24.3 Å². The summed E-state index contributed by atoms with van der Waals surface area (Å²) in [5, 5.41) is 11.6. The van der Waals surface area contributed by atoms with E-state index in [2.05, 4.69) is 10.0 Å². The number of nitrogens with one attached hydrogen (secondary N) is 2. The molecule has 0 radical (unpaired) electrons. The number of hydrogen-bond donors (Lipinski definition) is 3. The zero-order valence-corrected chi connectivity index (χ0v) is 12.5. The van der Waals surface area contributed by atoms with Crippen LogP contribution in [0.2, 0.25) is 0 Å². The fraction of sp³-hybridized carbons (Fsp3) is 0.333. The minimum Gasteiger partial charge on any atom is -0.478 e. The third kappa shape index (κ3) is 5.40. The Morgan fingerprint density at radius 2 is 1.86 bits per heavy atom. The van der Waals surface area contributed by atoms with Gasteiger partial charge >= 0.3 is 12.0 Å². The van der Waals surface area contributed by atoms with Crippen LogP contribution >= 0.6 is 0 Å². The van der Waals surface area contributed by atoms with Gasteiger partial charge in [0.05, 0.1) is 17.5 Å². The molecule has 1 rings (SSSR count). The molecule has 0 aliphatic rings. The van der Waals surface area contributed by atoms with Crippen molar-refractivity contribution in [3.8, 4) is 0 Å². The Kier molecular flexibility index (Phi) is 5.68. The van der Waals surface area contributed by atoms with E-state index in [0.29, 0.717) is 0 Å². The molecule has 0 spiro atoms. The van der Waals surface area contributed by atoms with Gasteiger partial charge in [-0.2, -0.15) is 0 Å². The van der Waals surface area contributed by atoms with E-state index in [0.717, 1.165) is 11.2 Å². The van der Waals surface area contributed by atoms with Gasteiger partial charge in [-0.15, -0.1) is 0 Å². The van der Waals surface area contributed by atoms with Crippen LogP contribution in [0.4, 0.5) is 10.5 Å². The molecule has 1 aromatic rings. The predicted molar refractivity (Wildman–Crippen MR) is 78.0 cm³/mol. The van der Waals surface area contributed by atoms with Crippen LogP contribution in [-0.4, -0.2) is 51.9 Å². The molecule has 1 aromatic carbocycles. The van der Waals surface area contributed by atoms with Gasteiger partial charge in [-0.25, -0.2) is 22.7 Å². The third-order valence-electron chi connectivity index (χ3n) is 2.57. The highest BCUT2D eigenvalue weighted by molar-refractivity contribution is 7.88. The SMILES string of the molecule is CN(C(=O)NCCNS(C)(=O)=O)c1ccccc1C(=O)O. The molecule has 2 amide bonds. The highest BCUT2D eigenvalue weighted by Crippen LogP contribution is 2.18. The first-order valence-electron chi connectivity index (χ1n) is 6.01. The van der Waals surface area contributed by atoms with E-state index < -0.39 is 22.0 Å². The molecule has 0 aliphatic carbocycles. The molecule has 0 atom stereocenters. The first-order valence-corrected chi connectivity index (χ1v) is 7.90. The largest absolute Gasteiger partial charge is 0.478 e. The van der Waals surface area contributed by atoms with Crippen molar-refractivity contribution in [2.45, 2.75) is 0 Å². The van der Waals surface area contributed by atoms with Gasteiger partial charge < -0.3 is 10.4 Å². The number of hydrogen-bond acceptors (Lipinski definition) is 4. The van der Waals surface area contributed by atoms with E-state index in [9.17, 15) is 18.0 Å². The van der Waals surface area contributed by atoms with Crippen molar-refractivity contribution in [3.63, 3.8) is 0 Å². The fourth-order valence-corrected chi connectivity index (χ4v) is 2.05. The molecule has 0 aliphatic heterocycles. The molecule has 0 unspecified atom stereocenters. The minimum absolute atomic E-state index is 0.00408. The number of carboxylic acids is 1. The lowest BCUT2D eigenvalue weighted by Gasteiger charge is -2.19. The van der Waals surface area contributed by atoms with Gasteiger partial charge in [-0.1, -0.05) is 12.1 Å².